The maximum atomic E-state index is 12.5. The first kappa shape index (κ1) is 22.5. The van der Waals surface area contributed by atoms with E-state index >= 15 is 0 Å². The highest BCUT2D eigenvalue weighted by atomic mass is 35.5. The number of quaternary nitrogens is 1. The molecule has 154 valence electrons. The van der Waals surface area contributed by atoms with Crippen LogP contribution >= 0.6 is 11.6 Å². The molecule has 27 heavy (non-hydrogen) atoms. The summed E-state index contributed by atoms with van der Waals surface area (Å²) >= 11 is 6.29. The third kappa shape index (κ3) is 4.14. The second-order valence-electron chi connectivity index (χ2n) is 8.43. The van der Waals surface area contributed by atoms with Gasteiger partial charge >= 0.3 is 11.9 Å². The zero-order valence-corrected chi connectivity index (χ0v) is 17.6. The van der Waals surface area contributed by atoms with Crippen LogP contribution in [-0.4, -0.2) is 65.0 Å². The molecule has 0 spiro atoms. The molecule has 8 heteroatoms. The van der Waals surface area contributed by atoms with Gasteiger partial charge in [0.05, 0.1) is 19.0 Å². The number of aliphatic hydroxyl groups is 1. The van der Waals surface area contributed by atoms with Crippen LogP contribution in [0, 0.1) is 11.8 Å². The molecule has 0 aromatic heterocycles. The molecule has 6 atom stereocenters. The highest BCUT2D eigenvalue weighted by molar-refractivity contribution is 6.17. The maximum Gasteiger partial charge on any atom is 0.338 e. The van der Waals surface area contributed by atoms with E-state index in [-0.39, 0.29) is 49.0 Å². The Kier molecular flexibility index (Phi) is 6.89. The number of halogens is 2. The van der Waals surface area contributed by atoms with Crippen LogP contribution in [0.25, 0.3) is 0 Å². The fourth-order valence-electron chi connectivity index (χ4n) is 4.83. The smallest absolute Gasteiger partial charge is 0.338 e. The molecular weight excluding hydrogens is 393 g/mol. The molecule has 0 aliphatic carbocycles. The number of alkyl halides is 1. The first-order valence-corrected chi connectivity index (χ1v) is 9.92. The molecule has 3 heterocycles. The zero-order chi connectivity index (χ0) is 19.1. The van der Waals surface area contributed by atoms with Crippen molar-refractivity contribution in [2.45, 2.75) is 57.8 Å². The molecule has 3 aliphatic heterocycles. The Labute approximate surface area is 171 Å². The average molecular weight is 422 g/mol. The van der Waals surface area contributed by atoms with E-state index in [2.05, 4.69) is 0 Å². The van der Waals surface area contributed by atoms with Crippen molar-refractivity contribution in [3.8, 4) is 0 Å². The topological polar surface area (TPSA) is 72.8 Å². The van der Waals surface area contributed by atoms with E-state index in [0.717, 1.165) is 31.5 Å². The summed E-state index contributed by atoms with van der Waals surface area (Å²) in [4.78, 5) is 24.9. The first-order chi connectivity index (χ1) is 12.2. The molecule has 0 aromatic carbocycles. The summed E-state index contributed by atoms with van der Waals surface area (Å²) in [6.07, 6.45) is 3.32. The molecule has 0 aromatic rings. The lowest BCUT2D eigenvalue weighted by molar-refractivity contribution is -0.920. The van der Waals surface area contributed by atoms with E-state index in [1.54, 1.807) is 6.92 Å². The highest BCUT2D eigenvalue weighted by Gasteiger charge is 2.58. The Balaban J connectivity index is 0.00000261. The van der Waals surface area contributed by atoms with Crippen molar-refractivity contribution in [1.82, 2.24) is 0 Å². The second kappa shape index (κ2) is 8.27. The SMILES string of the molecule is C/C1=C/C(=O)O[C@@H]2CC[N+]3(CCl)CC[C@H](COC(=O)[C@](C)(O)[C@H](C)C1)[C@H]23.[Cl-]. The molecule has 2 saturated heterocycles. The Bertz CT molecular complexity index is 623. The quantitative estimate of drug-likeness (QED) is 0.254. The van der Waals surface area contributed by atoms with E-state index in [4.69, 9.17) is 21.1 Å². The number of carbonyl (C=O) groups excluding carboxylic acids is 2. The molecule has 1 N–H and O–H groups in total. The highest BCUT2D eigenvalue weighted by Crippen LogP contribution is 2.42. The van der Waals surface area contributed by atoms with E-state index in [0.29, 0.717) is 16.9 Å². The average Bonchev–Trinajstić information content (AvgIpc) is 3.10. The lowest BCUT2D eigenvalue weighted by atomic mass is 9.85. The summed E-state index contributed by atoms with van der Waals surface area (Å²) in [7, 11) is 0. The van der Waals surface area contributed by atoms with Crippen LogP contribution in [0.15, 0.2) is 11.6 Å². The summed E-state index contributed by atoms with van der Waals surface area (Å²) in [6.45, 7) is 7.06. The fourth-order valence-corrected chi connectivity index (χ4v) is 5.23. The van der Waals surface area contributed by atoms with Gasteiger partial charge in [-0.05, 0) is 26.2 Å². The number of nitrogens with zero attached hydrogens (tertiary/aromatic N) is 1. The van der Waals surface area contributed by atoms with Crippen LogP contribution in [0.3, 0.4) is 0 Å². The normalized spacial score (nSPS) is 44.4. The molecule has 1 unspecified atom stereocenters. The summed E-state index contributed by atoms with van der Waals surface area (Å²) in [5.41, 5.74) is -0.826. The van der Waals surface area contributed by atoms with Crippen molar-refractivity contribution in [1.29, 1.82) is 0 Å². The van der Waals surface area contributed by atoms with Gasteiger partial charge in [-0.25, -0.2) is 9.59 Å². The van der Waals surface area contributed by atoms with Crippen LogP contribution in [0.4, 0.5) is 0 Å². The lowest BCUT2D eigenvalue weighted by Gasteiger charge is -2.35. The number of ether oxygens (including phenoxy) is 2. The predicted octanol–water partition coefficient (Wildman–Crippen LogP) is -1.01. The Morgan fingerprint density at radius 2 is 2.00 bits per heavy atom. The van der Waals surface area contributed by atoms with Gasteiger partial charge in [-0.1, -0.05) is 24.1 Å². The van der Waals surface area contributed by atoms with Crippen molar-refractivity contribution in [3.05, 3.63) is 11.6 Å². The molecule has 6 nitrogen and oxygen atoms in total. The van der Waals surface area contributed by atoms with Gasteiger partial charge in [0.2, 0.25) is 0 Å². The summed E-state index contributed by atoms with van der Waals surface area (Å²) in [6, 6.07) is 0.508. The van der Waals surface area contributed by atoms with Gasteiger partial charge in [-0.2, -0.15) is 0 Å². The third-order valence-corrected chi connectivity index (χ3v) is 7.08. The molecule has 2 fully saturated rings. The van der Waals surface area contributed by atoms with Crippen LogP contribution in [0.2, 0.25) is 0 Å². The van der Waals surface area contributed by atoms with Crippen LogP contribution < -0.4 is 12.4 Å². The van der Waals surface area contributed by atoms with Gasteiger partial charge < -0.3 is 31.5 Å². The summed E-state index contributed by atoms with van der Waals surface area (Å²) < 4.78 is 12.0. The van der Waals surface area contributed by atoms with Crippen LogP contribution in [-0.2, 0) is 19.1 Å². The van der Waals surface area contributed by atoms with E-state index < -0.39 is 11.6 Å². The van der Waals surface area contributed by atoms with Gasteiger partial charge in [0.1, 0.15) is 12.6 Å². The van der Waals surface area contributed by atoms with E-state index in [1.807, 2.05) is 6.92 Å². The minimum absolute atomic E-state index is 0. The lowest BCUT2D eigenvalue weighted by Crippen LogP contribution is -3.00. The number of hydrogen-bond acceptors (Lipinski definition) is 5. The number of allylic oxidation sites excluding steroid dienone is 1. The van der Waals surface area contributed by atoms with Crippen molar-refractivity contribution in [3.63, 3.8) is 0 Å². The number of hydrogen-bond donors (Lipinski definition) is 1. The Hall–Kier alpha value is -0.820. The first-order valence-electron chi connectivity index (χ1n) is 9.39. The van der Waals surface area contributed by atoms with Gasteiger partial charge in [0.25, 0.3) is 0 Å². The minimum atomic E-state index is -1.60. The third-order valence-electron chi connectivity index (χ3n) is 6.60. The minimum Gasteiger partial charge on any atom is -1.00 e. The summed E-state index contributed by atoms with van der Waals surface area (Å²) in [5, 5.41) is 10.7. The zero-order valence-electron chi connectivity index (χ0n) is 16.1. The monoisotopic (exact) mass is 421 g/mol. The number of cyclic esters (lactones) is 1. The maximum absolute atomic E-state index is 12.5. The standard InChI is InChI=1S/C19H29ClNO5.ClH/c1-12-8-13(2)19(3,24)18(23)25-10-14-4-6-21(11-20)7-5-15(17(14)21)26-16(22)9-12;/h9,13-15,17,24H,4-8,10-11H2,1-3H3;1H/q+1;/p-1/b12-9-;/t13-,14-,15-,17-,19-,21?;/m1./s1. The predicted molar refractivity (Wildman–Crippen MR) is 96.2 cm³/mol. The van der Waals surface area contributed by atoms with Gasteiger partial charge in [0, 0.05) is 18.9 Å². The molecule has 0 saturated carbocycles. The molecule has 0 bridgehead atoms. The van der Waals surface area contributed by atoms with Crippen LogP contribution in [0.1, 0.15) is 40.0 Å². The van der Waals surface area contributed by atoms with Crippen molar-refractivity contribution < 1.29 is 41.1 Å². The number of carbonyl (C=O) groups is 2. The Morgan fingerprint density at radius 3 is 2.67 bits per heavy atom. The fraction of sp³-hybridized carbons (Fsp3) is 0.789. The molecular formula is C19H29Cl2NO5. The summed E-state index contributed by atoms with van der Waals surface area (Å²) in [5.74, 6) is -1.25. The van der Waals surface area contributed by atoms with Crippen molar-refractivity contribution in [2.24, 2.45) is 11.8 Å². The molecule has 3 rings (SSSR count). The van der Waals surface area contributed by atoms with Crippen molar-refractivity contribution >= 4 is 23.5 Å². The number of rotatable bonds is 1. The molecule has 3 aliphatic rings. The number of esters is 2. The van der Waals surface area contributed by atoms with E-state index in [9.17, 15) is 14.7 Å². The van der Waals surface area contributed by atoms with E-state index in [1.165, 1.54) is 13.0 Å². The van der Waals surface area contributed by atoms with Gasteiger partial charge in [-0.15, -0.1) is 0 Å². The largest absolute Gasteiger partial charge is 1.00 e. The second-order valence-corrected chi connectivity index (χ2v) is 8.67. The van der Waals surface area contributed by atoms with Gasteiger partial charge in [-0.3, -0.25) is 0 Å². The van der Waals surface area contributed by atoms with Gasteiger partial charge in [0.15, 0.2) is 17.7 Å². The molecule has 0 amide bonds. The molecule has 0 radical (unpaired) electrons. The van der Waals surface area contributed by atoms with Crippen LogP contribution in [0.5, 0.6) is 0 Å². The van der Waals surface area contributed by atoms with Crippen molar-refractivity contribution in [2.75, 3.05) is 25.7 Å². The Morgan fingerprint density at radius 1 is 1.33 bits per heavy atom.